The lowest BCUT2D eigenvalue weighted by molar-refractivity contribution is 0.353. The van der Waals surface area contributed by atoms with Crippen molar-refractivity contribution in [3.63, 3.8) is 0 Å². The molecule has 0 unspecified atom stereocenters. The van der Waals surface area contributed by atoms with Crippen LogP contribution in [0.1, 0.15) is 0 Å². The van der Waals surface area contributed by atoms with E-state index >= 15 is 0 Å². The maximum absolute atomic E-state index is 12.4. The van der Waals surface area contributed by atoms with Crippen LogP contribution in [0.25, 0.3) is 22.3 Å². The normalized spacial score (nSPS) is 10.6. The summed E-state index contributed by atoms with van der Waals surface area (Å²) in [5, 5.41) is 0.439. The van der Waals surface area contributed by atoms with Gasteiger partial charge >= 0.3 is 0 Å². The molecule has 5 heteroatoms. The van der Waals surface area contributed by atoms with Crippen molar-refractivity contribution >= 4 is 11.0 Å². The van der Waals surface area contributed by atoms with Crippen LogP contribution in [0.2, 0.25) is 0 Å². The molecular formula is C18H16O5. The number of rotatable bonds is 4. The zero-order valence-corrected chi connectivity index (χ0v) is 13.1. The summed E-state index contributed by atoms with van der Waals surface area (Å²) in [6.45, 7) is 0. The SMILES string of the molecule is COc1cccc(-c2cc(=O)c3ccc(OC)c(OC)c3o2)c1. The highest BCUT2D eigenvalue weighted by Gasteiger charge is 2.15. The summed E-state index contributed by atoms with van der Waals surface area (Å²) in [6.07, 6.45) is 0. The first kappa shape index (κ1) is 15.0. The largest absolute Gasteiger partial charge is 0.497 e. The number of benzene rings is 2. The highest BCUT2D eigenvalue weighted by atomic mass is 16.5. The van der Waals surface area contributed by atoms with Gasteiger partial charge in [-0.25, -0.2) is 0 Å². The van der Waals surface area contributed by atoms with Crippen LogP contribution in [0.4, 0.5) is 0 Å². The fraction of sp³-hybridized carbons (Fsp3) is 0.167. The quantitative estimate of drug-likeness (QED) is 0.738. The predicted octanol–water partition coefficient (Wildman–Crippen LogP) is 3.49. The Morgan fingerprint density at radius 3 is 2.43 bits per heavy atom. The summed E-state index contributed by atoms with van der Waals surface area (Å²) in [7, 11) is 4.63. The van der Waals surface area contributed by atoms with Crippen molar-refractivity contribution in [3.8, 4) is 28.6 Å². The van der Waals surface area contributed by atoms with Crippen molar-refractivity contribution in [1.82, 2.24) is 0 Å². The molecule has 0 aliphatic carbocycles. The van der Waals surface area contributed by atoms with Crippen LogP contribution < -0.4 is 19.6 Å². The molecule has 0 N–H and O–H groups in total. The number of fused-ring (bicyclic) bond motifs is 1. The Labute approximate surface area is 133 Å². The Morgan fingerprint density at radius 1 is 0.913 bits per heavy atom. The Hall–Kier alpha value is -2.95. The van der Waals surface area contributed by atoms with Crippen LogP contribution in [-0.2, 0) is 0 Å². The molecule has 1 aromatic heterocycles. The molecule has 5 nitrogen and oxygen atoms in total. The molecule has 0 saturated heterocycles. The van der Waals surface area contributed by atoms with Gasteiger partial charge in [0.2, 0.25) is 5.75 Å². The van der Waals surface area contributed by atoms with Gasteiger partial charge in [-0.15, -0.1) is 0 Å². The standard InChI is InChI=1S/C18H16O5/c1-20-12-6-4-5-11(9-12)16-10-14(19)13-7-8-15(21-2)18(22-3)17(13)23-16/h4-10H,1-3H3. The molecule has 0 bridgehead atoms. The second kappa shape index (κ2) is 6.04. The van der Waals surface area contributed by atoms with Gasteiger partial charge in [0.15, 0.2) is 16.8 Å². The van der Waals surface area contributed by atoms with E-state index in [1.165, 1.54) is 20.3 Å². The van der Waals surface area contributed by atoms with Crippen molar-refractivity contribution in [3.05, 3.63) is 52.7 Å². The van der Waals surface area contributed by atoms with Gasteiger partial charge in [-0.1, -0.05) is 12.1 Å². The van der Waals surface area contributed by atoms with E-state index in [9.17, 15) is 4.79 Å². The number of methoxy groups -OCH3 is 3. The van der Waals surface area contributed by atoms with Crippen molar-refractivity contribution in [2.45, 2.75) is 0 Å². The van der Waals surface area contributed by atoms with Crippen molar-refractivity contribution in [1.29, 1.82) is 0 Å². The minimum absolute atomic E-state index is 0.148. The third-order valence-corrected chi connectivity index (χ3v) is 3.59. The number of hydrogen-bond acceptors (Lipinski definition) is 5. The van der Waals surface area contributed by atoms with E-state index in [4.69, 9.17) is 18.6 Å². The molecule has 2 aromatic carbocycles. The van der Waals surface area contributed by atoms with E-state index in [-0.39, 0.29) is 5.43 Å². The molecule has 0 fully saturated rings. The van der Waals surface area contributed by atoms with Gasteiger partial charge in [-0.3, -0.25) is 4.79 Å². The third kappa shape index (κ3) is 2.61. The third-order valence-electron chi connectivity index (χ3n) is 3.59. The minimum Gasteiger partial charge on any atom is -0.497 e. The lowest BCUT2D eigenvalue weighted by atomic mass is 10.1. The lowest BCUT2D eigenvalue weighted by Gasteiger charge is -2.11. The summed E-state index contributed by atoms with van der Waals surface area (Å²) in [4.78, 5) is 12.4. The van der Waals surface area contributed by atoms with Crippen LogP contribution in [0, 0.1) is 0 Å². The average Bonchev–Trinajstić information content (AvgIpc) is 2.60. The van der Waals surface area contributed by atoms with Gasteiger partial charge in [-0.05, 0) is 24.3 Å². The highest BCUT2D eigenvalue weighted by molar-refractivity contribution is 5.86. The van der Waals surface area contributed by atoms with Gasteiger partial charge in [0.1, 0.15) is 11.5 Å². The fourth-order valence-electron chi connectivity index (χ4n) is 2.45. The zero-order chi connectivity index (χ0) is 16.4. The first-order valence-corrected chi connectivity index (χ1v) is 7.01. The summed E-state index contributed by atoms with van der Waals surface area (Å²) in [5.74, 6) is 2.02. The van der Waals surface area contributed by atoms with Gasteiger partial charge in [0, 0.05) is 11.6 Å². The van der Waals surface area contributed by atoms with Crippen LogP contribution >= 0.6 is 0 Å². The topological polar surface area (TPSA) is 57.9 Å². The van der Waals surface area contributed by atoms with E-state index in [0.29, 0.717) is 34.0 Å². The van der Waals surface area contributed by atoms with E-state index in [0.717, 1.165) is 5.56 Å². The van der Waals surface area contributed by atoms with Gasteiger partial charge < -0.3 is 18.6 Å². The summed E-state index contributed by atoms with van der Waals surface area (Å²) < 4.78 is 21.8. The smallest absolute Gasteiger partial charge is 0.204 e. The van der Waals surface area contributed by atoms with E-state index < -0.39 is 0 Å². The molecule has 3 rings (SSSR count). The molecule has 0 spiro atoms. The van der Waals surface area contributed by atoms with Crippen LogP contribution in [0.15, 0.2) is 51.7 Å². The molecule has 0 amide bonds. The van der Waals surface area contributed by atoms with Crippen LogP contribution in [-0.4, -0.2) is 21.3 Å². The second-order valence-electron chi connectivity index (χ2n) is 4.88. The fourth-order valence-corrected chi connectivity index (χ4v) is 2.45. The minimum atomic E-state index is -0.148. The molecule has 0 aliphatic heterocycles. The molecule has 118 valence electrons. The van der Waals surface area contributed by atoms with Crippen molar-refractivity contribution in [2.75, 3.05) is 21.3 Å². The summed E-state index contributed by atoms with van der Waals surface area (Å²) >= 11 is 0. The lowest BCUT2D eigenvalue weighted by Crippen LogP contribution is -2.02. The van der Waals surface area contributed by atoms with Gasteiger partial charge in [0.25, 0.3) is 0 Å². The Kier molecular flexibility index (Phi) is 3.93. The summed E-state index contributed by atoms with van der Waals surface area (Å²) in [5.41, 5.74) is 0.954. The Bertz CT molecular complexity index is 911. The maximum Gasteiger partial charge on any atom is 0.204 e. The van der Waals surface area contributed by atoms with Crippen molar-refractivity contribution in [2.24, 2.45) is 0 Å². The molecule has 0 aliphatic rings. The van der Waals surface area contributed by atoms with E-state index in [1.807, 2.05) is 18.2 Å². The first-order chi connectivity index (χ1) is 11.2. The molecule has 23 heavy (non-hydrogen) atoms. The summed E-state index contributed by atoms with van der Waals surface area (Å²) in [6, 6.07) is 12.1. The highest BCUT2D eigenvalue weighted by Crippen LogP contribution is 2.36. The van der Waals surface area contributed by atoms with Crippen LogP contribution in [0.3, 0.4) is 0 Å². The Morgan fingerprint density at radius 2 is 1.74 bits per heavy atom. The molecule has 1 heterocycles. The van der Waals surface area contributed by atoms with Gasteiger partial charge in [-0.2, -0.15) is 0 Å². The predicted molar refractivity (Wildman–Crippen MR) is 87.6 cm³/mol. The second-order valence-corrected chi connectivity index (χ2v) is 4.88. The van der Waals surface area contributed by atoms with Gasteiger partial charge in [0.05, 0.1) is 26.7 Å². The molecule has 0 atom stereocenters. The number of hydrogen-bond donors (Lipinski definition) is 0. The zero-order valence-electron chi connectivity index (χ0n) is 13.1. The van der Waals surface area contributed by atoms with Crippen molar-refractivity contribution < 1.29 is 18.6 Å². The van der Waals surface area contributed by atoms with E-state index in [2.05, 4.69) is 0 Å². The molecule has 3 aromatic rings. The molecule has 0 saturated carbocycles. The first-order valence-electron chi connectivity index (χ1n) is 7.01. The number of ether oxygens (including phenoxy) is 3. The molecule has 0 radical (unpaired) electrons. The molecular weight excluding hydrogens is 296 g/mol. The Balaban J connectivity index is 2.29. The maximum atomic E-state index is 12.4. The average molecular weight is 312 g/mol. The van der Waals surface area contributed by atoms with E-state index in [1.54, 1.807) is 25.3 Å². The van der Waals surface area contributed by atoms with Crippen LogP contribution in [0.5, 0.6) is 17.2 Å². The monoisotopic (exact) mass is 312 g/mol.